The van der Waals surface area contributed by atoms with Crippen molar-refractivity contribution in [2.24, 2.45) is 11.8 Å². The van der Waals surface area contributed by atoms with Crippen LogP contribution in [0.15, 0.2) is 22.8 Å². The normalized spacial score (nSPS) is 25.6. The summed E-state index contributed by atoms with van der Waals surface area (Å²) >= 11 is 0. The van der Waals surface area contributed by atoms with Gasteiger partial charge in [0, 0.05) is 5.92 Å². The highest BCUT2D eigenvalue weighted by Gasteiger charge is 2.38. The van der Waals surface area contributed by atoms with Gasteiger partial charge in [-0.15, -0.1) is 0 Å². The molecule has 1 aromatic heterocycles. The van der Waals surface area contributed by atoms with Crippen LogP contribution >= 0.6 is 0 Å². The number of nitrogens with one attached hydrogen (secondary N) is 1. The molecule has 2 unspecified atom stereocenters. The first-order valence-electron chi connectivity index (χ1n) is 4.57. The predicted octanol–water partition coefficient (Wildman–Crippen LogP) is 1.55. The zero-order chi connectivity index (χ0) is 9.26. The second-order valence-corrected chi connectivity index (χ2v) is 3.62. The van der Waals surface area contributed by atoms with Gasteiger partial charge in [0.05, 0.1) is 12.8 Å². The molecule has 3 nitrogen and oxygen atoms in total. The Morgan fingerprint density at radius 2 is 2.54 bits per heavy atom. The van der Waals surface area contributed by atoms with Gasteiger partial charge in [-0.2, -0.15) is 0 Å². The highest BCUT2D eigenvalue weighted by molar-refractivity contribution is 5.81. The molecule has 1 aromatic rings. The first kappa shape index (κ1) is 8.35. The van der Waals surface area contributed by atoms with Gasteiger partial charge in [0.1, 0.15) is 5.76 Å². The maximum atomic E-state index is 11.4. The summed E-state index contributed by atoms with van der Waals surface area (Å²) in [6, 6.07) is 3.68. The molecule has 0 radical (unpaired) electrons. The van der Waals surface area contributed by atoms with Gasteiger partial charge in [-0.05, 0) is 24.5 Å². The summed E-state index contributed by atoms with van der Waals surface area (Å²) in [5, 5.41) is 2.84. The van der Waals surface area contributed by atoms with E-state index in [-0.39, 0.29) is 11.8 Å². The summed E-state index contributed by atoms with van der Waals surface area (Å²) in [6.45, 7) is 2.60. The third-order valence-electron chi connectivity index (χ3n) is 2.46. The van der Waals surface area contributed by atoms with Crippen LogP contribution < -0.4 is 5.32 Å². The van der Waals surface area contributed by atoms with E-state index in [0.717, 1.165) is 12.2 Å². The smallest absolute Gasteiger partial charge is 0.223 e. The Bertz CT molecular complexity index is 292. The summed E-state index contributed by atoms with van der Waals surface area (Å²) in [7, 11) is 0. The van der Waals surface area contributed by atoms with Crippen LogP contribution in [-0.4, -0.2) is 5.91 Å². The summed E-state index contributed by atoms with van der Waals surface area (Å²) in [6.07, 6.45) is 2.64. The van der Waals surface area contributed by atoms with Crippen molar-refractivity contribution in [3.8, 4) is 0 Å². The number of furan rings is 1. The van der Waals surface area contributed by atoms with Gasteiger partial charge < -0.3 is 9.73 Å². The topological polar surface area (TPSA) is 42.2 Å². The van der Waals surface area contributed by atoms with E-state index in [1.54, 1.807) is 6.26 Å². The van der Waals surface area contributed by atoms with E-state index in [9.17, 15) is 4.79 Å². The van der Waals surface area contributed by atoms with E-state index < -0.39 is 0 Å². The molecule has 2 atom stereocenters. The summed E-state index contributed by atoms with van der Waals surface area (Å²) in [5.41, 5.74) is 0. The first-order chi connectivity index (χ1) is 6.27. The van der Waals surface area contributed by atoms with Crippen LogP contribution in [0.1, 0.15) is 19.1 Å². The van der Waals surface area contributed by atoms with E-state index in [1.165, 1.54) is 0 Å². The van der Waals surface area contributed by atoms with Crippen LogP contribution in [0.25, 0.3) is 0 Å². The fraction of sp³-hybridized carbons (Fsp3) is 0.500. The molecule has 0 spiro atoms. The summed E-state index contributed by atoms with van der Waals surface area (Å²) in [4.78, 5) is 11.4. The molecule has 1 aliphatic carbocycles. The molecule has 0 aliphatic heterocycles. The van der Waals surface area contributed by atoms with E-state index in [0.29, 0.717) is 12.5 Å². The Morgan fingerprint density at radius 1 is 1.77 bits per heavy atom. The van der Waals surface area contributed by atoms with E-state index in [4.69, 9.17) is 4.42 Å². The minimum Gasteiger partial charge on any atom is -0.467 e. The molecule has 13 heavy (non-hydrogen) atoms. The molecule has 1 amide bonds. The van der Waals surface area contributed by atoms with Crippen molar-refractivity contribution in [3.63, 3.8) is 0 Å². The largest absolute Gasteiger partial charge is 0.467 e. The van der Waals surface area contributed by atoms with Crippen molar-refractivity contribution in [2.45, 2.75) is 19.9 Å². The molecule has 0 saturated heterocycles. The van der Waals surface area contributed by atoms with Gasteiger partial charge in [-0.1, -0.05) is 6.92 Å². The molecule has 0 bridgehead atoms. The molecule has 1 N–H and O–H groups in total. The fourth-order valence-corrected chi connectivity index (χ4v) is 1.41. The average molecular weight is 179 g/mol. The van der Waals surface area contributed by atoms with Crippen LogP contribution in [0, 0.1) is 11.8 Å². The zero-order valence-electron chi connectivity index (χ0n) is 7.62. The lowest BCUT2D eigenvalue weighted by Crippen LogP contribution is -2.24. The Morgan fingerprint density at radius 3 is 3.08 bits per heavy atom. The van der Waals surface area contributed by atoms with Crippen LogP contribution in [0.4, 0.5) is 0 Å². The Kier molecular flexibility index (Phi) is 2.08. The molecule has 3 heteroatoms. The number of amides is 1. The van der Waals surface area contributed by atoms with Crippen LogP contribution in [0.5, 0.6) is 0 Å². The number of carbonyl (C=O) groups is 1. The second kappa shape index (κ2) is 3.24. The summed E-state index contributed by atoms with van der Waals surface area (Å²) < 4.78 is 5.10. The zero-order valence-corrected chi connectivity index (χ0v) is 7.62. The lowest BCUT2D eigenvalue weighted by Gasteiger charge is -2.00. The highest BCUT2D eigenvalue weighted by Crippen LogP contribution is 2.37. The molecule has 0 aromatic carbocycles. The first-order valence-corrected chi connectivity index (χ1v) is 4.57. The highest BCUT2D eigenvalue weighted by atomic mass is 16.3. The number of rotatable bonds is 3. The van der Waals surface area contributed by atoms with Gasteiger partial charge in [0.25, 0.3) is 0 Å². The van der Waals surface area contributed by atoms with Crippen LogP contribution in [0.3, 0.4) is 0 Å². The molecular formula is C10H13NO2. The number of carbonyl (C=O) groups excluding carboxylic acids is 1. The summed E-state index contributed by atoms with van der Waals surface area (Å²) in [5.74, 6) is 1.78. The lowest BCUT2D eigenvalue weighted by molar-refractivity contribution is -0.122. The molecule has 1 saturated carbocycles. The molecule has 1 heterocycles. The standard InChI is InChI=1S/C10H13NO2/c1-7-5-9(7)10(12)11-6-8-3-2-4-13-8/h2-4,7,9H,5-6H2,1H3,(H,11,12). The van der Waals surface area contributed by atoms with Crippen molar-refractivity contribution in [1.29, 1.82) is 0 Å². The lowest BCUT2D eigenvalue weighted by atomic mass is 10.3. The molecule has 70 valence electrons. The second-order valence-electron chi connectivity index (χ2n) is 3.62. The van der Waals surface area contributed by atoms with Gasteiger partial charge in [0.15, 0.2) is 0 Å². The monoisotopic (exact) mass is 179 g/mol. The van der Waals surface area contributed by atoms with Crippen LogP contribution in [-0.2, 0) is 11.3 Å². The Labute approximate surface area is 77.1 Å². The van der Waals surface area contributed by atoms with Crippen molar-refractivity contribution in [1.82, 2.24) is 5.32 Å². The molecule has 1 aliphatic rings. The fourth-order valence-electron chi connectivity index (χ4n) is 1.41. The molecule has 2 rings (SSSR count). The number of hydrogen-bond donors (Lipinski definition) is 1. The van der Waals surface area contributed by atoms with Crippen LogP contribution in [0.2, 0.25) is 0 Å². The maximum absolute atomic E-state index is 11.4. The third-order valence-corrected chi connectivity index (χ3v) is 2.46. The van der Waals surface area contributed by atoms with Gasteiger partial charge >= 0.3 is 0 Å². The molecule has 1 fully saturated rings. The third kappa shape index (κ3) is 1.91. The van der Waals surface area contributed by atoms with Crippen molar-refractivity contribution in [2.75, 3.05) is 0 Å². The minimum atomic E-state index is 0.156. The number of hydrogen-bond acceptors (Lipinski definition) is 2. The van der Waals surface area contributed by atoms with Crippen molar-refractivity contribution >= 4 is 5.91 Å². The van der Waals surface area contributed by atoms with E-state index in [2.05, 4.69) is 12.2 Å². The van der Waals surface area contributed by atoms with Gasteiger partial charge in [-0.3, -0.25) is 4.79 Å². The maximum Gasteiger partial charge on any atom is 0.223 e. The Hall–Kier alpha value is -1.25. The van der Waals surface area contributed by atoms with E-state index in [1.807, 2.05) is 12.1 Å². The Balaban J connectivity index is 1.77. The van der Waals surface area contributed by atoms with E-state index >= 15 is 0 Å². The molecular weight excluding hydrogens is 166 g/mol. The van der Waals surface area contributed by atoms with Crippen molar-refractivity contribution < 1.29 is 9.21 Å². The quantitative estimate of drug-likeness (QED) is 0.765. The SMILES string of the molecule is CC1CC1C(=O)NCc1ccco1. The van der Waals surface area contributed by atoms with Crippen molar-refractivity contribution in [3.05, 3.63) is 24.2 Å². The predicted molar refractivity (Wildman–Crippen MR) is 47.8 cm³/mol. The average Bonchev–Trinajstić information content (AvgIpc) is 2.68. The minimum absolute atomic E-state index is 0.156. The van der Waals surface area contributed by atoms with Gasteiger partial charge in [-0.25, -0.2) is 0 Å². The van der Waals surface area contributed by atoms with Gasteiger partial charge in [0.2, 0.25) is 5.91 Å².